The van der Waals surface area contributed by atoms with E-state index in [1.54, 1.807) is 29.5 Å². The van der Waals surface area contributed by atoms with Crippen molar-refractivity contribution < 1.29 is 4.39 Å². The van der Waals surface area contributed by atoms with E-state index in [-0.39, 0.29) is 5.82 Å². The number of fused-ring (bicyclic) bond motifs is 1. The molecule has 2 heterocycles. The van der Waals surface area contributed by atoms with Crippen molar-refractivity contribution in [3.8, 4) is 0 Å². The quantitative estimate of drug-likeness (QED) is 0.783. The number of thiophene rings is 1. The molecule has 0 aliphatic carbocycles. The minimum Gasteiger partial charge on any atom is -0.383 e. The fourth-order valence-electron chi connectivity index (χ4n) is 2.22. The average Bonchev–Trinajstić information content (AvgIpc) is 2.68. The van der Waals surface area contributed by atoms with Crippen LogP contribution in [0.4, 0.5) is 10.2 Å². The molecule has 0 aliphatic heterocycles. The van der Waals surface area contributed by atoms with Crippen molar-refractivity contribution in [2.75, 3.05) is 5.73 Å². The third-order valence-corrected chi connectivity index (χ3v) is 4.51. The van der Waals surface area contributed by atoms with E-state index in [0.29, 0.717) is 23.6 Å². The normalized spacial score (nSPS) is 11.2. The highest BCUT2D eigenvalue weighted by atomic mass is 32.1. The molecular formula is C15H14FN3S. The number of aryl methyl sites for hydroxylation is 2. The topological polar surface area (TPSA) is 51.8 Å². The van der Waals surface area contributed by atoms with Gasteiger partial charge in [0.2, 0.25) is 0 Å². The molecule has 0 atom stereocenters. The van der Waals surface area contributed by atoms with Crippen LogP contribution in [-0.2, 0) is 6.42 Å². The van der Waals surface area contributed by atoms with Gasteiger partial charge in [0.05, 0.1) is 5.39 Å². The summed E-state index contributed by atoms with van der Waals surface area (Å²) < 4.78 is 13.7. The minimum absolute atomic E-state index is 0.242. The second kappa shape index (κ2) is 4.83. The van der Waals surface area contributed by atoms with E-state index < -0.39 is 0 Å². The molecule has 3 rings (SSSR count). The fraction of sp³-hybridized carbons (Fsp3) is 0.200. The van der Waals surface area contributed by atoms with Gasteiger partial charge in [-0.1, -0.05) is 18.2 Å². The van der Waals surface area contributed by atoms with E-state index in [0.717, 1.165) is 15.8 Å². The molecule has 0 saturated heterocycles. The SMILES string of the molecule is Cc1sc2nc(Cc3ccccc3F)nc(N)c2c1C. The molecule has 102 valence electrons. The predicted octanol–water partition coefficient (Wildman–Crippen LogP) is 3.62. The molecule has 0 radical (unpaired) electrons. The van der Waals surface area contributed by atoms with E-state index in [2.05, 4.69) is 9.97 Å². The van der Waals surface area contributed by atoms with Crippen LogP contribution in [0.3, 0.4) is 0 Å². The van der Waals surface area contributed by atoms with Gasteiger partial charge in [-0.15, -0.1) is 11.3 Å². The van der Waals surface area contributed by atoms with Crippen LogP contribution >= 0.6 is 11.3 Å². The molecule has 0 aliphatic rings. The summed E-state index contributed by atoms with van der Waals surface area (Å²) in [6, 6.07) is 6.66. The van der Waals surface area contributed by atoms with Crippen molar-refractivity contribution in [2.45, 2.75) is 20.3 Å². The average molecular weight is 287 g/mol. The van der Waals surface area contributed by atoms with Gasteiger partial charge in [-0.25, -0.2) is 14.4 Å². The lowest BCUT2D eigenvalue weighted by Crippen LogP contribution is -2.02. The first kappa shape index (κ1) is 13.0. The van der Waals surface area contributed by atoms with E-state index >= 15 is 0 Å². The highest BCUT2D eigenvalue weighted by molar-refractivity contribution is 7.18. The molecule has 0 bridgehead atoms. The summed E-state index contributed by atoms with van der Waals surface area (Å²) in [7, 11) is 0. The Morgan fingerprint density at radius 3 is 2.70 bits per heavy atom. The van der Waals surface area contributed by atoms with E-state index in [1.807, 2.05) is 13.8 Å². The first-order chi connectivity index (χ1) is 9.56. The standard InChI is InChI=1S/C15H14FN3S/c1-8-9(2)20-15-13(8)14(17)18-12(19-15)7-10-5-3-4-6-11(10)16/h3-6H,7H2,1-2H3,(H2,17,18,19). The van der Waals surface area contributed by atoms with Crippen LogP contribution in [0.5, 0.6) is 0 Å². The van der Waals surface area contributed by atoms with Crippen molar-refractivity contribution in [3.05, 3.63) is 51.9 Å². The van der Waals surface area contributed by atoms with Crippen LogP contribution in [0, 0.1) is 19.7 Å². The Bertz CT molecular complexity index is 795. The minimum atomic E-state index is -0.242. The van der Waals surface area contributed by atoms with Crippen LogP contribution in [-0.4, -0.2) is 9.97 Å². The van der Waals surface area contributed by atoms with Crippen LogP contribution in [0.15, 0.2) is 24.3 Å². The molecule has 3 nitrogen and oxygen atoms in total. The lowest BCUT2D eigenvalue weighted by atomic mass is 10.1. The Labute approximate surface area is 120 Å². The van der Waals surface area contributed by atoms with Crippen LogP contribution in [0.1, 0.15) is 21.8 Å². The zero-order valence-corrected chi connectivity index (χ0v) is 12.1. The number of nitrogens with zero attached hydrogens (tertiary/aromatic N) is 2. The molecule has 2 N–H and O–H groups in total. The molecular weight excluding hydrogens is 273 g/mol. The van der Waals surface area contributed by atoms with Gasteiger partial charge in [0.1, 0.15) is 22.3 Å². The highest BCUT2D eigenvalue weighted by Gasteiger charge is 2.13. The van der Waals surface area contributed by atoms with E-state index in [1.165, 1.54) is 10.9 Å². The Morgan fingerprint density at radius 2 is 1.95 bits per heavy atom. The smallest absolute Gasteiger partial charge is 0.136 e. The molecule has 20 heavy (non-hydrogen) atoms. The molecule has 0 amide bonds. The molecule has 0 saturated carbocycles. The summed E-state index contributed by atoms with van der Waals surface area (Å²) >= 11 is 1.60. The maximum Gasteiger partial charge on any atom is 0.136 e. The maximum atomic E-state index is 13.7. The zero-order valence-electron chi connectivity index (χ0n) is 11.3. The third kappa shape index (κ3) is 2.14. The summed E-state index contributed by atoms with van der Waals surface area (Å²) in [5.41, 5.74) is 7.73. The first-order valence-electron chi connectivity index (χ1n) is 6.31. The molecule has 0 unspecified atom stereocenters. The summed E-state index contributed by atoms with van der Waals surface area (Å²) in [4.78, 5) is 10.9. The number of rotatable bonds is 2. The maximum absolute atomic E-state index is 13.7. The van der Waals surface area contributed by atoms with Gasteiger partial charge in [-0.2, -0.15) is 0 Å². The second-order valence-corrected chi connectivity index (χ2v) is 5.96. The van der Waals surface area contributed by atoms with Crippen molar-refractivity contribution in [1.82, 2.24) is 9.97 Å². The lowest BCUT2D eigenvalue weighted by molar-refractivity contribution is 0.612. The number of nitrogens with two attached hydrogens (primary N) is 1. The molecule has 5 heteroatoms. The number of halogens is 1. The van der Waals surface area contributed by atoms with Crippen LogP contribution in [0.25, 0.3) is 10.2 Å². The zero-order chi connectivity index (χ0) is 14.3. The molecule has 2 aromatic heterocycles. The third-order valence-electron chi connectivity index (χ3n) is 3.41. The summed E-state index contributed by atoms with van der Waals surface area (Å²) in [6.45, 7) is 4.06. The predicted molar refractivity (Wildman–Crippen MR) is 80.5 cm³/mol. The van der Waals surface area contributed by atoms with Gasteiger partial charge in [0.25, 0.3) is 0 Å². The number of nitrogen functional groups attached to an aromatic ring is 1. The second-order valence-electron chi connectivity index (χ2n) is 4.76. The number of anilines is 1. The van der Waals surface area contributed by atoms with Gasteiger partial charge in [-0.3, -0.25) is 0 Å². The Kier molecular flexibility index (Phi) is 3.14. The summed E-state index contributed by atoms with van der Waals surface area (Å²) in [5, 5.41) is 0.921. The number of benzene rings is 1. The van der Waals surface area contributed by atoms with Crippen molar-refractivity contribution in [1.29, 1.82) is 0 Å². The van der Waals surface area contributed by atoms with Gasteiger partial charge >= 0.3 is 0 Å². The van der Waals surface area contributed by atoms with Gasteiger partial charge in [0.15, 0.2) is 0 Å². The molecule has 0 spiro atoms. The molecule has 0 fully saturated rings. The van der Waals surface area contributed by atoms with Gasteiger partial charge in [0, 0.05) is 11.3 Å². The fourth-order valence-corrected chi connectivity index (χ4v) is 3.27. The van der Waals surface area contributed by atoms with Crippen molar-refractivity contribution in [2.24, 2.45) is 0 Å². The van der Waals surface area contributed by atoms with Crippen molar-refractivity contribution >= 4 is 27.4 Å². The summed E-state index contributed by atoms with van der Waals surface area (Å²) in [5.74, 6) is 0.790. The number of hydrogen-bond donors (Lipinski definition) is 1. The lowest BCUT2D eigenvalue weighted by Gasteiger charge is -2.04. The Balaban J connectivity index is 2.07. The number of aromatic nitrogens is 2. The molecule has 3 aromatic rings. The Hall–Kier alpha value is -2.01. The van der Waals surface area contributed by atoms with Crippen LogP contribution in [0.2, 0.25) is 0 Å². The largest absolute Gasteiger partial charge is 0.383 e. The highest BCUT2D eigenvalue weighted by Crippen LogP contribution is 2.32. The molecule has 1 aromatic carbocycles. The van der Waals surface area contributed by atoms with E-state index in [4.69, 9.17) is 5.73 Å². The van der Waals surface area contributed by atoms with Gasteiger partial charge in [-0.05, 0) is 31.0 Å². The monoisotopic (exact) mass is 287 g/mol. The van der Waals surface area contributed by atoms with E-state index in [9.17, 15) is 4.39 Å². The van der Waals surface area contributed by atoms with Gasteiger partial charge < -0.3 is 5.73 Å². The van der Waals surface area contributed by atoms with Crippen LogP contribution < -0.4 is 5.73 Å². The summed E-state index contributed by atoms with van der Waals surface area (Å²) in [6.07, 6.45) is 0.350. The number of hydrogen-bond acceptors (Lipinski definition) is 4. The first-order valence-corrected chi connectivity index (χ1v) is 7.13. The Morgan fingerprint density at radius 1 is 1.20 bits per heavy atom. The van der Waals surface area contributed by atoms with Crippen molar-refractivity contribution in [3.63, 3.8) is 0 Å².